The zero-order valence-corrected chi connectivity index (χ0v) is 11.3. The minimum atomic E-state index is -3.80. The van der Waals surface area contributed by atoms with Crippen molar-refractivity contribution in [3.05, 3.63) is 59.8 Å². The van der Waals surface area contributed by atoms with Crippen LogP contribution in [-0.4, -0.2) is 20.1 Å². The summed E-state index contributed by atoms with van der Waals surface area (Å²) in [5, 5.41) is 9.22. The van der Waals surface area contributed by atoms with Crippen LogP contribution in [0.2, 0.25) is 0 Å². The van der Waals surface area contributed by atoms with Gasteiger partial charge in [0, 0.05) is 5.56 Å². The van der Waals surface area contributed by atoms with E-state index in [1.807, 2.05) is 0 Å². The highest BCUT2D eigenvalue weighted by Crippen LogP contribution is 2.16. The van der Waals surface area contributed by atoms with Crippen LogP contribution in [0.5, 0.6) is 0 Å². The summed E-state index contributed by atoms with van der Waals surface area (Å²) < 4.78 is 44.8. The second-order valence-corrected chi connectivity index (χ2v) is 5.97. The Morgan fingerprint density at radius 3 is 2.60 bits per heavy atom. The highest BCUT2D eigenvalue weighted by atomic mass is 32.2. The lowest BCUT2D eigenvalue weighted by atomic mass is 10.2. The third-order valence-corrected chi connectivity index (χ3v) is 4.03. The quantitative estimate of drug-likeness (QED) is 0.848. The van der Waals surface area contributed by atoms with Gasteiger partial charge in [-0.2, -0.15) is 0 Å². The van der Waals surface area contributed by atoms with Gasteiger partial charge in [-0.15, -0.1) is 0 Å². The van der Waals surface area contributed by atoms with Gasteiger partial charge in [-0.1, -0.05) is 18.2 Å². The van der Waals surface area contributed by atoms with E-state index in [1.165, 1.54) is 24.5 Å². The van der Waals surface area contributed by atoms with E-state index in [0.717, 1.165) is 0 Å². The molecular weight excluding hydrogens is 285 g/mol. The van der Waals surface area contributed by atoms with Crippen molar-refractivity contribution in [1.82, 2.24) is 4.72 Å². The first kappa shape index (κ1) is 14.7. The van der Waals surface area contributed by atoms with Crippen molar-refractivity contribution in [2.75, 3.05) is 6.61 Å². The van der Waals surface area contributed by atoms with Gasteiger partial charge in [0.25, 0.3) is 0 Å². The van der Waals surface area contributed by atoms with Crippen molar-refractivity contribution in [1.29, 1.82) is 0 Å². The van der Waals surface area contributed by atoms with Gasteiger partial charge < -0.3 is 9.52 Å². The average Bonchev–Trinajstić information content (AvgIpc) is 2.92. The molecule has 5 nitrogen and oxygen atoms in total. The van der Waals surface area contributed by atoms with E-state index < -0.39 is 34.2 Å². The van der Waals surface area contributed by atoms with E-state index in [0.29, 0.717) is 5.76 Å². The van der Waals surface area contributed by atoms with E-state index in [2.05, 4.69) is 4.72 Å². The Hall–Kier alpha value is -1.70. The van der Waals surface area contributed by atoms with Gasteiger partial charge in [-0.3, -0.25) is 0 Å². The fourth-order valence-electron chi connectivity index (χ4n) is 1.75. The van der Waals surface area contributed by atoms with Gasteiger partial charge in [0.2, 0.25) is 10.0 Å². The molecule has 1 atom stereocenters. The van der Waals surface area contributed by atoms with Crippen molar-refractivity contribution < 1.29 is 22.3 Å². The Balaban J connectivity index is 2.13. The number of aliphatic hydroxyl groups is 1. The second-order valence-electron chi connectivity index (χ2n) is 4.22. The van der Waals surface area contributed by atoms with Crippen molar-refractivity contribution in [3.8, 4) is 0 Å². The Bertz CT molecular complexity index is 655. The van der Waals surface area contributed by atoms with E-state index in [1.54, 1.807) is 18.2 Å². The number of benzene rings is 1. The van der Waals surface area contributed by atoms with Gasteiger partial charge in [0.1, 0.15) is 17.6 Å². The smallest absolute Gasteiger partial charge is 0.216 e. The SMILES string of the molecule is O=S(=O)(Cc1ccccc1F)N[C@@H](CO)c1ccco1. The summed E-state index contributed by atoms with van der Waals surface area (Å²) >= 11 is 0. The van der Waals surface area contributed by atoms with Gasteiger partial charge >= 0.3 is 0 Å². The number of hydrogen-bond acceptors (Lipinski definition) is 4. The first-order chi connectivity index (χ1) is 9.52. The number of sulfonamides is 1. The lowest BCUT2D eigenvalue weighted by molar-refractivity contribution is 0.241. The molecule has 1 heterocycles. The minimum Gasteiger partial charge on any atom is -0.468 e. The summed E-state index contributed by atoms with van der Waals surface area (Å²) in [7, 11) is -3.80. The number of aliphatic hydroxyl groups excluding tert-OH is 1. The summed E-state index contributed by atoms with van der Waals surface area (Å²) in [5.41, 5.74) is 0.0659. The number of halogens is 1. The maximum atomic E-state index is 13.5. The molecule has 0 spiro atoms. The fraction of sp³-hybridized carbons (Fsp3) is 0.231. The van der Waals surface area contributed by atoms with Gasteiger partial charge in [-0.05, 0) is 18.2 Å². The molecule has 0 aliphatic heterocycles. The zero-order chi connectivity index (χ0) is 14.6. The molecule has 0 aliphatic carbocycles. The minimum absolute atomic E-state index is 0.0659. The average molecular weight is 299 g/mol. The second kappa shape index (κ2) is 6.17. The molecule has 108 valence electrons. The van der Waals surface area contributed by atoms with E-state index >= 15 is 0 Å². The Labute approximate surface area is 116 Å². The van der Waals surface area contributed by atoms with E-state index in [9.17, 15) is 17.9 Å². The van der Waals surface area contributed by atoms with Gasteiger partial charge in [-0.25, -0.2) is 17.5 Å². The topological polar surface area (TPSA) is 79.5 Å². The number of nitrogens with one attached hydrogen (secondary N) is 1. The number of rotatable bonds is 6. The Morgan fingerprint density at radius 1 is 1.25 bits per heavy atom. The summed E-state index contributed by atoms with van der Waals surface area (Å²) in [6, 6.07) is 7.88. The largest absolute Gasteiger partial charge is 0.468 e. The lowest BCUT2D eigenvalue weighted by Crippen LogP contribution is -2.31. The normalized spacial score (nSPS) is 13.3. The first-order valence-electron chi connectivity index (χ1n) is 5.89. The summed E-state index contributed by atoms with van der Waals surface area (Å²) in [5.74, 6) is -0.794. The summed E-state index contributed by atoms with van der Waals surface area (Å²) in [6.07, 6.45) is 1.38. The Morgan fingerprint density at radius 2 is 2.00 bits per heavy atom. The maximum absolute atomic E-state index is 13.5. The van der Waals surface area contributed by atoms with Crippen molar-refractivity contribution in [3.63, 3.8) is 0 Å². The molecule has 0 radical (unpaired) electrons. The molecule has 7 heteroatoms. The molecule has 2 aromatic rings. The van der Waals surface area contributed by atoms with Crippen LogP contribution in [0, 0.1) is 5.82 Å². The molecule has 2 N–H and O–H groups in total. The molecule has 20 heavy (non-hydrogen) atoms. The van der Waals surface area contributed by atoms with Crippen LogP contribution >= 0.6 is 0 Å². The molecule has 0 unspecified atom stereocenters. The van der Waals surface area contributed by atoms with Crippen molar-refractivity contribution in [2.24, 2.45) is 0 Å². The van der Waals surface area contributed by atoms with Crippen LogP contribution in [0.3, 0.4) is 0 Å². The zero-order valence-electron chi connectivity index (χ0n) is 10.5. The van der Waals surface area contributed by atoms with Crippen LogP contribution in [0.1, 0.15) is 17.4 Å². The van der Waals surface area contributed by atoms with Gasteiger partial charge in [0.15, 0.2) is 0 Å². The molecular formula is C13H14FNO4S. The van der Waals surface area contributed by atoms with Crippen LogP contribution in [-0.2, 0) is 15.8 Å². The van der Waals surface area contributed by atoms with Crippen LogP contribution in [0.15, 0.2) is 47.1 Å². The number of hydrogen-bond donors (Lipinski definition) is 2. The maximum Gasteiger partial charge on any atom is 0.216 e. The van der Waals surface area contributed by atoms with Crippen LogP contribution in [0.25, 0.3) is 0 Å². The molecule has 1 aromatic heterocycles. The lowest BCUT2D eigenvalue weighted by Gasteiger charge is -2.14. The standard InChI is InChI=1S/C13H14FNO4S/c14-11-5-2-1-4-10(11)9-20(17,18)15-12(8-16)13-6-3-7-19-13/h1-7,12,15-16H,8-9H2/t12-/m0/s1. The highest BCUT2D eigenvalue weighted by Gasteiger charge is 2.22. The molecule has 2 rings (SSSR count). The van der Waals surface area contributed by atoms with Crippen LogP contribution < -0.4 is 4.72 Å². The molecule has 0 saturated heterocycles. The van der Waals surface area contributed by atoms with Crippen molar-refractivity contribution in [2.45, 2.75) is 11.8 Å². The predicted octanol–water partition coefficient (Wildman–Crippen LogP) is 1.57. The van der Waals surface area contributed by atoms with E-state index in [4.69, 9.17) is 4.42 Å². The fourth-order valence-corrected chi connectivity index (χ4v) is 3.10. The van der Waals surface area contributed by atoms with Crippen LogP contribution in [0.4, 0.5) is 4.39 Å². The molecule has 0 fully saturated rings. The van der Waals surface area contributed by atoms with E-state index in [-0.39, 0.29) is 5.56 Å². The molecule has 0 bridgehead atoms. The monoisotopic (exact) mass is 299 g/mol. The number of furan rings is 1. The summed E-state index contributed by atoms with van der Waals surface area (Å²) in [6.45, 7) is -0.454. The molecule has 0 amide bonds. The molecule has 0 aliphatic rings. The molecule has 1 aromatic carbocycles. The highest BCUT2D eigenvalue weighted by molar-refractivity contribution is 7.88. The third-order valence-electron chi connectivity index (χ3n) is 2.69. The Kier molecular flexibility index (Phi) is 4.53. The predicted molar refractivity (Wildman–Crippen MR) is 70.7 cm³/mol. The molecule has 0 saturated carbocycles. The first-order valence-corrected chi connectivity index (χ1v) is 7.55. The van der Waals surface area contributed by atoms with Crippen molar-refractivity contribution >= 4 is 10.0 Å². The van der Waals surface area contributed by atoms with Gasteiger partial charge in [0.05, 0.1) is 18.6 Å². The third kappa shape index (κ3) is 3.66. The summed E-state index contributed by atoms with van der Waals surface area (Å²) in [4.78, 5) is 0.